The summed E-state index contributed by atoms with van der Waals surface area (Å²) in [6.45, 7) is 8.96. The largest absolute Gasteiger partial charge is 0.492 e. The van der Waals surface area contributed by atoms with E-state index in [2.05, 4.69) is 40.7 Å². The Bertz CT molecular complexity index is 596. The molecule has 0 radical (unpaired) electrons. The van der Waals surface area contributed by atoms with Gasteiger partial charge in [-0.15, -0.1) is 0 Å². The molecule has 1 aromatic carbocycles. The highest BCUT2D eigenvalue weighted by Gasteiger charge is 2.14. The fourth-order valence-electron chi connectivity index (χ4n) is 3.78. The van der Waals surface area contributed by atoms with Crippen LogP contribution < -0.4 is 15.4 Å². The van der Waals surface area contributed by atoms with Gasteiger partial charge in [-0.3, -0.25) is 4.90 Å². The van der Waals surface area contributed by atoms with Crippen LogP contribution in [0.25, 0.3) is 0 Å². The summed E-state index contributed by atoms with van der Waals surface area (Å²) in [7, 11) is 0. The van der Waals surface area contributed by atoms with Crippen LogP contribution in [-0.4, -0.2) is 62.9 Å². The molecular weight excluding hydrogens is 352 g/mol. The first-order valence-corrected chi connectivity index (χ1v) is 10.9. The van der Waals surface area contributed by atoms with E-state index in [-0.39, 0.29) is 0 Å². The summed E-state index contributed by atoms with van der Waals surface area (Å²) in [5.74, 6) is 1.85. The van der Waals surface area contributed by atoms with Gasteiger partial charge in [0.1, 0.15) is 12.4 Å². The lowest BCUT2D eigenvalue weighted by atomic mass is 9.96. The smallest absolute Gasteiger partial charge is 0.191 e. The molecule has 0 spiro atoms. The van der Waals surface area contributed by atoms with Crippen LogP contribution in [0.1, 0.15) is 44.6 Å². The van der Waals surface area contributed by atoms with Crippen molar-refractivity contribution in [2.45, 2.75) is 51.6 Å². The zero-order valence-electron chi connectivity index (χ0n) is 17.3. The SMILES string of the molecule is CCNC(=NCc1cccc(OCCN2CCOCC2)c1)NC1CCCCC1. The molecule has 1 aliphatic heterocycles. The van der Waals surface area contributed by atoms with Gasteiger partial charge in [0, 0.05) is 32.2 Å². The Morgan fingerprint density at radius 1 is 1.21 bits per heavy atom. The van der Waals surface area contributed by atoms with E-state index in [4.69, 9.17) is 14.5 Å². The summed E-state index contributed by atoms with van der Waals surface area (Å²) in [6.07, 6.45) is 6.50. The molecule has 3 rings (SSSR count). The number of hydrogen-bond donors (Lipinski definition) is 2. The van der Waals surface area contributed by atoms with Crippen molar-refractivity contribution in [2.24, 2.45) is 4.99 Å². The highest BCUT2D eigenvalue weighted by molar-refractivity contribution is 5.80. The molecule has 1 saturated carbocycles. The average molecular weight is 389 g/mol. The first-order valence-electron chi connectivity index (χ1n) is 10.9. The van der Waals surface area contributed by atoms with Crippen LogP contribution in [0, 0.1) is 0 Å². The maximum Gasteiger partial charge on any atom is 0.191 e. The molecule has 2 fully saturated rings. The molecule has 0 unspecified atom stereocenters. The zero-order chi connectivity index (χ0) is 19.4. The number of rotatable bonds is 8. The van der Waals surface area contributed by atoms with Crippen LogP contribution in [0.4, 0.5) is 0 Å². The van der Waals surface area contributed by atoms with Gasteiger partial charge in [-0.2, -0.15) is 0 Å². The summed E-state index contributed by atoms with van der Waals surface area (Å²) in [5.41, 5.74) is 1.17. The van der Waals surface area contributed by atoms with E-state index in [1.807, 2.05) is 6.07 Å². The van der Waals surface area contributed by atoms with Gasteiger partial charge >= 0.3 is 0 Å². The lowest BCUT2D eigenvalue weighted by molar-refractivity contribution is 0.0322. The van der Waals surface area contributed by atoms with E-state index in [9.17, 15) is 0 Å². The second-order valence-electron chi connectivity index (χ2n) is 7.62. The van der Waals surface area contributed by atoms with E-state index in [1.165, 1.54) is 37.7 Å². The third-order valence-corrected chi connectivity index (χ3v) is 5.39. The lowest BCUT2D eigenvalue weighted by Crippen LogP contribution is -2.44. The number of guanidine groups is 1. The van der Waals surface area contributed by atoms with Gasteiger partial charge in [0.25, 0.3) is 0 Å². The van der Waals surface area contributed by atoms with Crippen LogP contribution in [0.15, 0.2) is 29.3 Å². The third kappa shape index (κ3) is 7.32. The molecule has 0 amide bonds. The average Bonchev–Trinajstić information content (AvgIpc) is 2.74. The molecule has 0 aromatic heterocycles. The molecule has 1 aromatic rings. The van der Waals surface area contributed by atoms with Crippen LogP contribution in [0.5, 0.6) is 5.75 Å². The van der Waals surface area contributed by atoms with Crippen LogP contribution in [0.2, 0.25) is 0 Å². The summed E-state index contributed by atoms with van der Waals surface area (Å²) < 4.78 is 11.3. The van der Waals surface area contributed by atoms with Crippen LogP contribution in [0.3, 0.4) is 0 Å². The molecule has 2 aliphatic rings. The van der Waals surface area contributed by atoms with Crippen molar-refractivity contribution in [1.29, 1.82) is 0 Å². The van der Waals surface area contributed by atoms with Crippen molar-refractivity contribution >= 4 is 5.96 Å². The van der Waals surface area contributed by atoms with Crippen molar-refractivity contribution in [1.82, 2.24) is 15.5 Å². The summed E-state index contributed by atoms with van der Waals surface area (Å²) in [6, 6.07) is 8.85. The summed E-state index contributed by atoms with van der Waals surface area (Å²) in [4.78, 5) is 7.18. The van der Waals surface area contributed by atoms with Gasteiger partial charge in [-0.25, -0.2) is 4.99 Å². The fourth-order valence-corrected chi connectivity index (χ4v) is 3.78. The molecule has 156 valence electrons. The predicted molar refractivity (Wildman–Crippen MR) is 114 cm³/mol. The third-order valence-electron chi connectivity index (χ3n) is 5.39. The predicted octanol–water partition coefficient (Wildman–Crippen LogP) is 2.79. The number of morpholine rings is 1. The molecule has 1 saturated heterocycles. The highest BCUT2D eigenvalue weighted by Crippen LogP contribution is 2.17. The molecule has 1 aliphatic carbocycles. The Morgan fingerprint density at radius 3 is 2.82 bits per heavy atom. The molecule has 0 bridgehead atoms. The van der Waals surface area contributed by atoms with E-state index in [0.717, 1.165) is 51.1 Å². The molecule has 2 N–H and O–H groups in total. The zero-order valence-corrected chi connectivity index (χ0v) is 17.3. The van der Waals surface area contributed by atoms with Gasteiger partial charge in [0.15, 0.2) is 5.96 Å². The normalized spacial score (nSPS) is 19.4. The quantitative estimate of drug-likeness (QED) is 0.530. The maximum absolute atomic E-state index is 5.96. The van der Waals surface area contributed by atoms with Gasteiger partial charge in [0.05, 0.1) is 19.8 Å². The fraction of sp³-hybridized carbons (Fsp3) is 0.682. The minimum atomic E-state index is 0.557. The van der Waals surface area contributed by atoms with E-state index in [0.29, 0.717) is 19.2 Å². The molecule has 6 heteroatoms. The number of nitrogens with zero attached hydrogens (tertiary/aromatic N) is 2. The van der Waals surface area contributed by atoms with E-state index in [1.54, 1.807) is 0 Å². The number of hydrogen-bond acceptors (Lipinski definition) is 4. The standard InChI is InChI=1S/C22H36N4O2/c1-2-23-22(25-20-8-4-3-5-9-20)24-18-19-7-6-10-21(17-19)28-16-13-26-11-14-27-15-12-26/h6-7,10,17,20H,2-5,8-9,11-16,18H2,1H3,(H2,23,24,25). The van der Waals surface area contributed by atoms with Gasteiger partial charge in [0.2, 0.25) is 0 Å². The molecule has 6 nitrogen and oxygen atoms in total. The van der Waals surface area contributed by atoms with Crippen molar-refractivity contribution in [3.8, 4) is 5.75 Å². The summed E-state index contributed by atoms with van der Waals surface area (Å²) in [5, 5.41) is 6.98. The van der Waals surface area contributed by atoms with E-state index < -0.39 is 0 Å². The Hall–Kier alpha value is -1.79. The first kappa shape index (κ1) is 20.9. The summed E-state index contributed by atoms with van der Waals surface area (Å²) >= 11 is 0. The van der Waals surface area contributed by atoms with Crippen LogP contribution >= 0.6 is 0 Å². The number of benzene rings is 1. The van der Waals surface area contributed by atoms with Crippen molar-refractivity contribution < 1.29 is 9.47 Å². The van der Waals surface area contributed by atoms with Gasteiger partial charge in [-0.1, -0.05) is 31.4 Å². The second-order valence-corrected chi connectivity index (χ2v) is 7.62. The minimum absolute atomic E-state index is 0.557. The molecular formula is C22H36N4O2. The molecule has 28 heavy (non-hydrogen) atoms. The van der Waals surface area contributed by atoms with Gasteiger partial charge < -0.3 is 20.1 Å². The Morgan fingerprint density at radius 2 is 2.04 bits per heavy atom. The number of ether oxygens (including phenoxy) is 2. The van der Waals surface area contributed by atoms with Crippen LogP contribution in [-0.2, 0) is 11.3 Å². The topological polar surface area (TPSA) is 58.1 Å². The monoisotopic (exact) mass is 388 g/mol. The number of aliphatic imine (C=N–C) groups is 1. The number of nitrogens with one attached hydrogen (secondary N) is 2. The highest BCUT2D eigenvalue weighted by atomic mass is 16.5. The van der Waals surface area contributed by atoms with Crippen molar-refractivity contribution in [2.75, 3.05) is 46.0 Å². The Kier molecular flexibility index (Phi) is 8.91. The minimum Gasteiger partial charge on any atom is -0.492 e. The van der Waals surface area contributed by atoms with Crippen molar-refractivity contribution in [3.05, 3.63) is 29.8 Å². The van der Waals surface area contributed by atoms with Gasteiger partial charge in [-0.05, 0) is 37.5 Å². The Labute approximate surface area is 169 Å². The van der Waals surface area contributed by atoms with Crippen molar-refractivity contribution in [3.63, 3.8) is 0 Å². The second kappa shape index (κ2) is 11.9. The first-order chi connectivity index (χ1) is 13.8. The lowest BCUT2D eigenvalue weighted by Gasteiger charge is -2.26. The van der Waals surface area contributed by atoms with E-state index >= 15 is 0 Å². The maximum atomic E-state index is 5.96. The molecule has 1 heterocycles. The molecule has 0 atom stereocenters. The Balaban J connectivity index is 1.47.